The van der Waals surface area contributed by atoms with Crippen molar-refractivity contribution in [2.75, 3.05) is 37.7 Å². The van der Waals surface area contributed by atoms with Crippen LogP contribution in [-0.2, 0) is 4.74 Å². The quantitative estimate of drug-likeness (QED) is 0.252. The number of aromatic nitrogens is 2. The number of anilines is 1. The fourth-order valence-electron chi connectivity index (χ4n) is 6.03. The molecule has 2 aliphatic heterocycles. The monoisotopic (exact) mass is 657 g/mol. The van der Waals surface area contributed by atoms with Gasteiger partial charge in [-0.1, -0.05) is 20.8 Å². The van der Waals surface area contributed by atoms with Crippen LogP contribution in [0.5, 0.6) is 5.75 Å². The lowest BCUT2D eigenvalue weighted by molar-refractivity contribution is 0.0492. The summed E-state index contributed by atoms with van der Waals surface area (Å²) in [6, 6.07) is 2.54. The summed E-state index contributed by atoms with van der Waals surface area (Å²) in [5.74, 6) is 0.757. The van der Waals surface area contributed by atoms with Crippen molar-refractivity contribution in [1.82, 2.24) is 20.2 Å². The van der Waals surface area contributed by atoms with E-state index in [2.05, 4.69) is 27.2 Å². The molecule has 11 nitrogen and oxygen atoms in total. The molecule has 3 heterocycles. The van der Waals surface area contributed by atoms with Crippen molar-refractivity contribution >= 4 is 23.9 Å². The third-order valence-corrected chi connectivity index (χ3v) is 8.84. The molecule has 2 fully saturated rings. The molecule has 47 heavy (non-hydrogen) atoms. The molecular weight excluding hydrogens is 608 g/mol. The summed E-state index contributed by atoms with van der Waals surface area (Å²) >= 11 is 0. The molecule has 13 heteroatoms. The second kappa shape index (κ2) is 15.7. The van der Waals surface area contributed by atoms with Gasteiger partial charge < -0.3 is 30.3 Å². The Bertz CT molecular complexity index is 1390. The predicted molar refractivity (Wildman–Crippen MR) is 177 cm³/mol. The van der Waals surface area contributed by atoms with Crippen LogP contribution in [-0.4, -0.2) is 77.3 Å². The topological polar surface area (TPSA) is 135 Å². The predicted octanol–water partition coefficient (Wildman–Crippen LogP) is 5.89. The Labute approximate surface area is 276 Å². The van der Waals surface area contributed by atoms with Gasteiger partial charge in [0.05, 0.1) is 25.0 Å². The van der Waals surface area contributed by atoms with Gasteiger partial charge in [-0.2, -0.15) is 4.99 Å². The summed E-state index contributed by atoms with van der Waals surface area (Å²) in [5, 5.41) is 2.86. The van der Waals surface area contributed by atoms with Crippen LogP contribution in [0, 0.1) is 29.4 Å². The van der Waals surface area contributed by atoms with Gasteiger partial charge in [-0.15, -0.1) is 0 Å². The minimum Gasteiger partial charge on any atom is -0.490 e. The van der Waals surface area contributed by atoms with Crippen LogP contribution in [0.1, 0.15) is 78.7 Å². The van der Waals surface area contributed by atoms with Crippen LogP contribution in [0.25, 0.3) is 0 Å². The van der Waals surface area contributed by atoms with Crippen LogP contribution in [0.3, 0.4) is 0 Å². The van der Waals surface area contributed by atoms with Gasteiger partial charge in [0.2, 0.25) is 5.95 Å². The molecule has 0 aliphatic carbocycles. The summed E-state index contributed by atoms with van der Waals surface area (Å²) in [7, 11) is 0. The number of ether oxygens (including phenoxy) is 2. The van der Waals surface area contributed by atoms with Gasteiger partial charge in [-0.25, -0.2) is 28.3 Å². The maximum absolute atomic E-state index is 14.8. The van der Waals surface area contributed by atoms with Gasteiger partial charge in [0.25, 0.3) is 0 Å². The summed E-state index contributed by atoms with van der Waals surface area (Å²) in [4.78, 5) is 41.8. The highest BCUT2D eigenvalue weighted by molar-refractivity contribution is 5.93. The zero-order valence-corrected chi connectivity index (χ0v) is 28.3. The first-order chi connectivity index (χ1) is 22.2. The molecule has 3 atom stereocenters. The van der Waals surface area contributed by atoms with E-state index in [0.29, 0.717) is 62.0 Å². The molecule has 3 amide bonds. The molecule has 3 unspecified atom stereocenters. The number of amidine groups is 1. The van der Waals surface area contributed by atoms with Gasteiger partial charge in [0.1, 0.15) is 23.1 Å². The van der Waals surface area contributed by atoms with Crippen LogP contribution >= 0.6 is 0 Å². The molecule has 0 spiro atoms. The van der Waals surface area contributed by atoms with Gasteiger partial charge in [-0.3, -0.25) is 0 Å². The summed E-state index contributed by atoms with van der Waals surface area (Å²) in [6.07, 6.45) is 5.71. The lowest BCUT2D eigenvalue weighted by atomic mass is 9.84. The SMILES string of the molecule is CC(C)C(N)=NC(=O)N1CCC(C(C)CCOc2cnc(N3CCC(c4cc(F)ccc4F)C(NC(=O)OC(C)(C)C)C3)nc2)CC1. The maximum Gasteiger partial charge on any atom is 0.407 e. The zero-order valence-electron chi connectivity index (χ0n) is 28.3. The number of benzene rings is 1. The van der Waals surface area contributed by atoms with E-state index in [-0.39, 0.29) is 24.1 Å². The molecule has 4 rings (SSSR count). The number of nitrogens with one attached hydrogen (secondary N) is 1. The van der Waals surface area contributed by atoms with E-state index in [1.54, 1.807) is 38.1 Å². The molecule has 1 aromatic carbocycles. The van der Waals surface area contributed by atoms with Crippen LogP contribution in [0.15, 0.2) is 35.6 Å². The summed E-state index contributed by atoms with van der Waals surface area (Å²) in [6.45, 7) is 13.9. The minimum atomic E-state index is -0.718. The number of hydrogen-bond acceptors (Lipinski definition) is 7. The molecule has 2 saturated heterocycles. The van der Waals surface area contributed by atoms with E-state index in [1.807, 2.05) is 18.7 Å². The number of rotatable bonds is 9. The summed E-state index contributed by atoms with van der Waals surface area (Å²) in [5.41, 5.74) is 5.35. The molecular formula is C34H49F2N7O4. The molecule has 0 saturated carbocycles. The number of nitrogens with two attached hydrogens (primary N) is 1. The Hall–Kier alpha value is -4.03. The number of alkyl carbamates (subject to hydrolysis) is 1. The van der Waals surface area contributed by atoms with E-state index in [0.717, 1.165) is 31.4 Å². The average molecular weight is 658 g/mol. The van der Waals surface area contributed by atoms with Gasteiger partial charge >= 0.3 is 12.1 Å². The molecule has 0 bridgehead atoms. The second-order valence-electron chi connectivity index (χ2n) is 13.9. The number of likely N-dealkylation sites (tertiary alicyclic amines) is 1. The molecule has 3 N–H and O–H groups in total. The van der Waals surface area contributed by atoms with Crippen molar-refractivity contribution in [1.29, 1.82) is 0 Å². The fourth-order valence-corrected chi connectivity index (χ4v) is 6.03. The average Bonchev–Trinajstić information content (AvgIpc) is 3.01. The number of halogens is 2. The zero-order chi connectivity index (χ0) is 34.3. The number of urea groups is 1. The van der Waals surface area contributed by atoms with E-state index in [4.69, 9.17) is 15.2 Å². The number of amides is 3. The Morgan fingerprint density at radius 2 is 1.77 bits per heavy atom. The van der Waals surface area contributed by atoms with E-state index in [1.165, 1.54) is 6.07 Å². The van der Waals surface area contributed by atoms with Crippen LogP contribution in [0.2, 0.25) is 0 Å². The Morgan fingerprint density at radius 3 is 2.40 bits per heavy atom. The first-order valence-corrected chi connectivity index (χ1v) is 16.5. The Morgan fingerprint density at radius 1 is 1.09 bits per heavy atom. The first-order valence-electron chi connectivity index (χ1n) is 16.5. The largest absolute Gasteiger partial charge is 0.490 e. The highest BCUT2D eigenvalue weighted by atomic mass is 19.1. The minimum absolute atomic E-state index is 0.0383. The third-order valence-electron chi connectivity index (χ3n) is 8.84. The number of piperidine rings is 2. The third kappa shape index (κ3) is 10.2. The molecule has 2 aliphatic rings. The number of carbonyl (C=O) groups is 2. The second-order valence-corrected chi connectivity index (χ2v) is 13.9. The van der Waals surface area contributed by atoms with Gasteiger partial charge in [0, 0.05) is 38.0 Å². The number of aliphatic imine (C=N–C) groups is 1. The number of carbonyl (C=O) groups excluding carboxylic acids is 2. The Balaban J connectivity index is 1.30. The van der Waals surface area contributed by atoms with Crippen LogP contribution < -0.4 is 20.7 Å². The highest BCUT2D eigenvalue weighted by Gasteiger charge is 2.35. The standard InChI is InChI=1S/C34H49F2N7O4/c1-21(2)30(37)41-32(44)42-13-9-23(10-14-42)22(3)12-16-46-25-18-38-31(39-19-25)43-15-11-26(27-17-24(35)7-8-28(27)36)29(20-43)40-33(45)47-34(4,5)6/h7-8,17-19,21-23,26,29H,9-16,20H2,1-6H3,(H,40,45)(H2,37,41,44). The molecule has 258 valence electrons. The van der Waals surface area contributed by atoms with Crippen molar-refractivity contribution in [3.63, 3.8) is 0 Å². The van der Waals surface area contributed by atoms with Gasteiger partial charge in [0.15, 0.2) is 5.75 Å². The molecule has 1 aromatic heterocycles. The number of nitrogens with zero attached hydrogens (tertiary/aromatic N) is 5. The van der Waals surface area contributed by atoms with Crippen molar-refractivity contribution in [3.05, 3.63) is 47.8 Å². The van der Waals surface area contributed by atoms with E-state index in [9.17, 15) is 18.4 Å². The Kier molecular flexibility index (Phi) is 12.0. The number of hydrogen-bond donors (Lipinski definition) is 2. The van der Waals surface area contributed by atoms with Crippen molar-refractivity contribution in [2.45, 2.75) is 84.8 Å². The summed E-state index contributed by atoms with van der Waals surface area (Å²) < 4.78 is 40.3. The maximum atomic E-state index is 14.8. The lowest BCUT2D eigenvalue weighted by Gasteiger charge is -2.39. The molecule has 2 aromatic rings. The highest BCUT2D eigenvalue weighted by Crippen LogP contribution is 2.33. The normalized spacial score (nSPS) is 20.2. The van der Waals surface area contributed by atoms with Gasteiger partial charge in [-0.05, 0) is 82.1 Å². The smallest absolute Gasteiger partial charge is 0.407 e. The van der Waals surface area contributed by atoms with Crippen molar-refractivity contribution < 1.29 is 27.8 Å². The van der Waals surface area contributed by atoms with E-state index < -0.39 is 35.3 Å². The molecule has 0 radical (unpaired) electrons. The lowest BCUT2D eigenvalue weighted by Crippen LogP contribution is -2.53. The van der Waals surface area contributed by atoms with Crippen LogP contribution in [0.4, 0.5) is 24.3 Å². The first kappa shape index (κ1) is 35.8. The van der Waals surface area contributed by atoms with E-state index >= 15 is 0 Å². The fraction of sp³-hybridized carbons (Fsp3) is 0.618. The van der Waals surface area contributed by atoms with Crippen molar-refractivity contribution in [2.24, 2.45) is 28.5 Å². The van der Waals surface area contributed by atoms with Crippen molar-refractivity contribution in [3.8, 4) is 5.75 Å².